The Labute approximate surface area is 48.8 Å². The molecule has 0 saturated carbocycles. The molecule has 1 atom stereocenters. The molecular formula is C6H10FN. The van der Waals surface area contributed by atoms with E-state index in [0.29, 0.717) is 12.5 Å². The normalized spacial score (nSPS) is 28.6. The van der Waals surface area contributed by atoms with Crippen LogP contribution in [-0.4, -0.2) is 18.0 Å². The predicted molar refractivity (Wildman–Crippen MR) is 31.0 cm³/mol. The van der Waals surface area contributed by atoms with Gasteiger partial charge in [-0.1, -0.05) is 0 Å². The summed E-state index contributed by atoms with van der Waals surface area (Å²) in [6.07, 6.45) is 2.13. The Morgan fingerprint density at radius 1 is 1.88 bits per heavy atom. The highest BCUT2D eigenvalue weighted by atomic mass is 19.1. The molecular weight excluding hydrogens is 105 g/mol. The number of halogens is 1. The maximum atomic E-state index is 12.2. The summed E-state index contributed by atoms with van der Waals surface area (Å²) < 4.78 is 12.2. The molecule has 1 unspecified atom stereocenters. The monoisotopic (exact) mass is 115 g/mol. The summed E-state index contributed by atoms with van der Waals surface area (Å²) in [5.74, 6) is 0.000000000000000444. The molecule has 0 aromatic heterocycles. The van der Waals surface area contributed by atoms with E-state index in [1.54, 1.807) is 6.20 Å². The second kappa shape index (κ2) is 1.77. The Morgan fingerprint density at radius 3 is 2.62 bits per heavy atom. The number of nitrogens with zero attached hydrogens (tertiary/aromatic N) is 1. The molecule has 0 radical (unpaired) electrons. The van der Waals surface area contributed by atoms with Crippen LogP contribution < -0.4 is 0 Å². The molecule has 0 aromatic rings. The van der Waals surface area contributed by atoms with Gasteiger partial charge in [0.1, 0.15) is 5.83 Å². The number of hydrogen-bond acceptors (Lipinski definition) is 1. The molecule has 46 valence electrons. The zero-order valence-corrected chi connectivity index (χ0v) is 5.19. The molecule has 1 aliphatic rings. The van der Waals surface area contributed by atoms with Crippen LogP contribution in [0, 0.1) is 0 Å². The number of rotatable bonds is 0. The summed E-state index contributed by atoms with van der Waals surface area (Å²) in [6.45, 7) is 2.00. The summed E-state index contributed by atoms with van der Waals surface area (Å²) in [4.78, 5) is 1.88. The van der Waals surface area contributed by atoms with E-state index in [2.05, 4.69) is 0 Å². The fourth-order valence-electron chi connectivity index (χ4n) is 0.827. The first kappa shape index (κ1) is 5.60. The van der Waals surface area contributed by atoms with Crippen molar-refractivity contribution in [2.45, 2.75) is 19.4 Å². The Balaban J connectivity index is 2.56. The first-order valence-corrected chi connectivity index (χ1v) is 2.78. The van der Waals surface area contributed by atoms with Gasteiger partial charge < -0.3 is 4.90 Å². The average Bonchev–Trinajstić information content (AvgIpc) is 1.85. The average molecular weight is 115 g/mol. The molecule has 0 fully saturated rings. The summed E-state index contributed by atoms with van der Waals surface area (Å²) in [6, 6.07) is 0.356. The molecule has 0 bridgehead atoms. The van der Waals surface area contributed by atoms with Crippen LogP contribution in [-0.2, 0) is 0 Å². The fourth-order valence-corrected chi connectivity index (χ4v) is 0.827. The van der Waals surface area contributed by atoms with Crippen LogP contribution in [0.3, 0.4) is 0 Å². The minimum Gasteiger partial charge on any atom is -0.375 e. The van der Waals surface area contributed by atoms with Crippen LogP contribution in [0.2, 0.25) is 0 Å². The molecule has 0 amide bonds. The van der Waals surface area contributed by atoms with Crippen molar-refractivity contribution in [1.29, 1.82) is 0 Å². The lowest BCUT2D eigenvalue weighted by Gasteiger charge is -2.13. The quantitative estimate of drug-likeness (QED) is 0.462. The van der Waals surface area contributed by atoms with Crippen LogP contribution in [0.15, 0.2) is 12.0 Å². The molecule has 8 heavy (non-hydrogen) atoms. The first-order valence-electron chi connectivity index (χ1n) is 2.78. The van der Waals surface area contributed by atoms with Gasteiger partial charge >= 0.3 is 0 Å². The smallest absolute Gasteiger partial charge is 0.118 e. The molecule has 1 aliphatic heterocycles. The Hall–Kier alpha value is -0.530. The van der Waals surface area contributed by atoms with Gasteiger partial charge in [-0.3, -0.25) is 0 Å². The van der Waals surface area contributed by atoms with E-state index in [0.717, 1.165) is 0 Å². The Bertz CT molecular complexity index is 120. The second-order valence-corrected chi connectivity index (χ2v) is 2.29. The third kappa shape index (κ3) is 0.831. The van der Waals surface area contributed by atoms with Gasteiger partial charge in [0, 0.05) is 25.7 Å². The van der Waals surface area contributed by atoms with Crippen molar-refractivity contribution in [2.75, 3.05) is 7.05 Å². The first-order chi connectivity index (χ1) is 3.70. The summed E-state index contributed by atoms with van der Waals surface area (Å²) in [5.41, 5.74) is 0. The van der Waals surface area contributed by atoms with E-state index in [1.165, 1.54) is 0 Å². The van der Waals surface area contributed by atoms with Gasteiger partial charge in [0.2, 0.25) is 0 Å². The SMILES string of the molecule is CC1CC(F)=CN1C. The van der Waals surface area contributed by atoms with Crippen molar-refractivity contribution in [3.63, 3.8) is 0 Å². The zero-order valence-electron chi connectivity index (χ0n) is 5.19. The van der Waals surface area contributed by atoms with Crippen molar-refractivity contribution in [3.8, 4) is 0 Å². The second-order valence-electron chi connectivity index (χ2n) is 2.29. The van der Waals surface area contributed by atoms with E-state index < -0.39 is 0 Å². The van der Waals surface area contributed by atoms with Crippen molar-refractivity contribution in [3.05, 3.63) is 12.0 Å². The zero-order chi connectivity index (χ0) is 6.15. The largest absolute Gasteiger partial charge is 0.375 e. The highest BCUT2D eigenvalue weighted by Gasteiger charge is 2.15. The van der Waals surface area contributed by atoms with Gasteiger partial charge in [-0.2, -0.15) is 0 Å². The third-order valence-electron chi connectivity index (χ3n) is 1.53. The maximum Gasteiger partial charge on any atom is 0.118 e. The van der Waals surface area contributed by atoms with Crippen LogP contribution in [0.4, 0.5) is 4.39 Å². The Kier molecular flexibility index (Phi) is 1.24. The lowest BCUT2D eigenvalue weighted by atomic mass is 10.3. The lowest BCUT2D eigenvalue weighted by molar-refractivity contribution is 0.379. The van der Waals surface area contributed by atoms with Gasteiger partial charge in [0.25, 0.3) is 0 Å². The summed E-state index contributed by atoms with van der Waals surface area (Å²) in [7, 11) is 1.89. The van der Waals surface area contributed by atoms with E-state index in [-0.39, 0.29) is 5.83 Å². The van der Waals surface area contributed by atoms with Gasteiger partial charge in [-0.15, -0.1) is 0 Å². The van der Waals surface area contributed by atoms with Gasteiger partial charge in [0.05, 0.1) is 0 Å². The molecule has 0 spiro atoms. The van der Waals surface area contributed by atoms with Crippen molar-refractivity contribution < 1.29 is 4.39 Å². The van der Waals surface area contributed by atoms with Crippen molar-refractivity contribution in [2.24, 2.45) is 0 Å². The van der Waals surface area contributed by atoms with E-state index in [1.807, 2.05) is 18.9 Å². The van der Waals surface area contributed by atoms with Crippen LogP contribution in [0.5, 0.6) is 0 Å². The molecule has 0 saturated heterocycles. The molecule has 0 aromatic carbocycles. The van der Waals surface area contributed by atoms with Gasteiger partial charge in [-0.05, 0) is 6.92 Å². The topological polar surface area (TPSA) is 3.24 Å². The minimum absolute atomic E-state index is 0.000000000000000444. The van der Waals surface area contributed by atoms with Crippen LogP contribution in [0.1, 0.15) is 13.3 Å². The molecule has 0 N–H and O–H groups in total. The highest BCUT2D eigenvalue weighted by molar-refractivity contribution is 5.01. The molecule has 1 rings (SSSR count). The predicted octanol–water partition coefficient (Wildman–Crippen LogP) is 1.52. The summed E-state index contributed by atoms with van der Waals surface area (Å²) in [5, 5.41) is 0. The molecule has 0 aliphatic carbocycles. The van der Waals surface area contributed by atoms with Crippen molar-refractivity contribution in [1.82, 2.24) is 4.90 Å². The van der Waals surface area contributed by atoms with E-state index in [9.17, 15) is 4.39 Å². The van der Waals surface area contributed by atoms with Crippen LogP contribution >= 0.6 is 0 Å². The molecule has 1 nitrogen and oxygen atoms in total. The Morgan fingerprint density at radius 2 is 2.50 bits per heavy atom. The van der Waals surface area contributed by atoms with Crippen LogP contribution in [0.25, 0.3) is 0 Å². The molecule has 1 heterocycles. The number of hydrogen-bond donors (Lipinski definition) is 0. The summed E-state index contributed by atoms with van der Waals surface area (Å²) >= 11 is 0. The standard InChI is InChI=1S/C6H10FN/c1-5-3-6(7)4-8(5)2/h4-5H,3H2,1-2H3. The maximum absolute atomic E-state index is 12.2. The van der Waals surface area contributed by atoms with E-state index in [4.69, 9.17) is 0 Å². The van der Waals surface area contributed by atoms with Gasteiger partial charge in [0.15, 0.2) is 0 Å². The third-order valence-corrected chi connectivity index (χ3v) is 1.53. The highest BCUT2D eigenvalue weighted by Crippen LogP contribution is 2.19. The molecule has 2 heteroatoms. The fraction of sp³-hybridized carbons (Fsp3) is 0.667. The lowest BCUT2D eigenvalue weighted by Crippen LogP contribution is -2.17. The van der Waals surface area contributed by atoms with Gasteiger partial charge in [-0.25, -0.2) is 4.39 Å². The van der Waals surface area contributed by atoms with E-state index >= 15 is 0 Å². The van der Waals surface area contributed by atoms with Crippen molar-refractivity contribution >= 4 is 0 Å². The minimum atomic E-state index is 0.000000000000000444.